The smallest absolute Gasteiger partial charge is 0.304 e. The van der Waals surface area contributed by atoms with Crippen molar-refractivity contribution in [3.63, 3.8) is 0 Å². The third kappa shape index (κ3) is 4.77. The summed E-state index contributed by atoms with van der Waals surface area (Å²) in [5.74, 6) is -1.73. The monoisotopic (exact) mass is 333 g/mol. The summed E-state index contributed by atoms with van der Waals surface area (Å²) in [6.07, 6.45) is 4.07. The number of amides is 1. The Hall–Kier alpha value is -1.95. The third-order valence-corrected chi connectivity index (χ3v) is 4.80. The van der Waals surface area contributed by atoms with E-state index in [4.69, 9.17) is 5.73 Å². The van der Waals surface area contributed by atoms with Gasteiger partial charge in [0, 0.05) is 36.9 Å². The van der Waals surface area contributed by atoms with Crippen LogP contribution in [-0.4, -0.2) is 46.0 Å². The molecule has 132 valence electrons. The van der Waals surface area contributed by atoms with E-state index in [-0.39, 0.29) is 24.4 Å². The number of carboxylic acids is 1. The van der Waals surface area contributed by atoms with E-state index in [1.54, 1.807) is 11.9 Å². The summed E-state index contributed by atoms with van der Waals surface area (Å²) in [5.41, 5.74) is 7.77. The predicted octanol–water partition coefficient (Wildman–Crippen LogP) is 1.75. The molecule has 0 bridgehead atoms. The molecule has 1 heterocycles. The summed E-state index contributed by atoms with van der Waals surface area (Å²) in [6.45, 7) is 1.88. The number of hydrogen-bond acceptors (Lipinski definition) is 4. The number of rotatable bonds is 6. The Kier molecular flexibility index (Phi) is 6.31. The summed E-state index contributed by atoms with van der Waals surface area (Å²) in [4.78, 5) is 30.2. The van der Waals surface area contributed by atoms with Gasteiger partial charge in [-0.3, -0.25) is 14.6 Å². The molecule has 1 amide bonds. The van der Waals surface area contributed by atoms with Crippen molar-refractivity contribution >= 4 is 11.9 Å². The minimum Gasteiger partial charge on any atom is -0.481 e. The number of nitrogens with two attached hydrogens (primary N) is 1. The number of likely N-dealkylation sites (N-methyl/N-ethyl adjacent to an activating group) is 1. The molecule has 1 aromatic rings. The van der Waals surface area contributed by atoms with E-state index in [2.05, 4.69) is 4.98 Å². The van der Waals surface area contributed by atoms with Crippen LogP contribution in [0.25, 0.3) is 0 Å². The molecule has 1 saturated carbocycles. The first-order valence-electron chi connectivity index (χ1n) is 8.55. The van der Waals surface area contributed by atoms with Crippen LogP contribution < -0.4 is 5.73 Å². The van der Waals surface area contributed by atoms with E-state index in [1.807, 2.05) is 25.1 Å². The fourth-order valence-electron chi connectivity index (χ4n) is 3.50. The number of carboxylic acid groups (broad SMARTS) is 1. The summed E-state index contributed by atoms with van der Waals surface area (Å²) < 4.78 is 0. The second-order valence-corrected chi connectivity index (χ2v) is 6.73. The molecule has 1 aliphatic rings. The van der Waals surface area contributed by atoms with Gasteiger partial charge in [0.25, 0.3) is 0 Å². The number of carbonyl (C=O) groups excluding carboxylic acids is 1. The highest BCUT2D eigenvalue weighted by Crippen LogP contribution is 2.24. The van der Waals surface area contributed by atoms with Crippen molar-refractivity contribution in [1.29, 1.82) is 0 Å². The molecular weight excluding hydrogens is 306 g/mol. The SMILES string of the molecule is Cc1cccc(CC(CC(=O)O)C(=O)N(C)[C@H]2CCCC[C@@H]2N)n1. The molecule has 6 nitrogen and oxygen atoms in total. The molecule has 0 radical (unpaired) electrons. The van der Waals surface area contributed by atoms with E-state index < -0.39 is 11.9 Å². The summed E-state index contributed by atoms with van der Waals surface area (Å²) in [5, 5.41) is 9.19. The topological polar surface area (TPSA) is 96.5 Å². The molecule has 0 aliphatic heterocycles. The highest BCUT2D eigenvalue weighted by Gasteiger charge is 2.33. The van der Waals surface area contributed by atoms with Gasteiger partial charge < -0.3 is 15.7 Å². The first-order valence-corrected chi connectivity index (χ1v) is 8.55. The Morgan fingerprint density at radius 1 is 1.38 bits per heavy atom. The van der Waals surface area contributed by atoms with Gasteiger partial charge in [-0.1, -0.05) is 18.9 Å². The quantitative estimate of drug-likeness (QED) is 0.827. The predicted molar refractivity (Wildman–Crippen MR) is 91.4 cm³/mol. The van der Waals surface area contributed by atoms with Crippen molar-refractivity contribution in [3.05, 3.63) is 29.6 Å². The number of hydrogen-bond donors (Lipinski definition) is 2. The lowest BCUT2D eigenvalue weighted by Crippen LogP contribution is -2.52. The minimum absolute atomic E-state index is 0.00647. The van der Waals surface area contributed by atoms with Crippen LogP contribution in [-0.2, 0) is 16.0 Å². The van der Waals surface area contributed by atoms with Gasteiger partial charge >= 0.3 is 5.97 Å². The first kappa shape index (κ1) is 18.4. The van der Waals surface area contributed by atoms with Crippen LogP contribution in [0, 0.1) is 12.8 Å². The number of aryl methyl sites for hydroxylation is 1. The summed E-state index contributed by atoms with van der Waals surface area (Å²) in [7, 11) is 1.75. The fraction of sp³-hybridized carbons (Fsp3) is 0.611. The van der Waals surface area contributed by atoms with Gasteiger partial charge in [0.05, 0.1) is 12.3 Å². The molecule has 1 aromatic heterocycles. The van der Waals surface area contributed by atoms with Gasteiger partial charge in [0.15, 0.2) is 0 Å². The largest absolute Gasteiger partial charge is 0.481 e. The molecule has 1 aliphatic carbocycles. The highest BCUT2D eigenvalue weighted by molar-refractivity contribution is 5.83. The molecule has 0 spiro atoms. The summed E-state index contributed by atoms with van der Waals surface area (Å²) in [6, 6.07) is 5.55. The van der Waals surface area contributed by atoms with Crippen molar-refractivity contribution in [2.24, 2.45) is 11.7 Å². The Bertz CT molecular complexity index is 591. The number of nitrogens with zero attached hydrogens (tertiary/aromatic N) is 2. The number of aromatic nitrogens is 1. The Labute approximate surface area is 143 Å². The minimum atomic E-state index is -0.970. The van der Waals surface area contributed by atoms with Gasteiger partial charge in [-0.05, 0) is 31.9 Å². The standard InChI is InChI=1S/C18H27N3O3/c1-12-6-5-7-14(20-12)10-13(11-17(22)23)18(24)21(2)16-9-4-3-8-15(16)19/h5-7,13,15-16H,3-4,8-11,19H2,1-2H3,(H,22,23)/t13?,15-,16-/m0/s1. The van der Waals surface area contributed by atoms with Crippen molar-refractivity contribution < 1.29 is 14.7 Å². The highest BCUT2D eigenvalue weighted by atomic mass is 16.4. The average molecular weight is 333 g/mol. The molecule has 24 heavy (non-hydrogen) atoms. The lowest BCUT2D eigenvalue weighted by molar-refractivity contribution is -0.145. The second kappa shape index (κ2) is 8.24. The fourth-order valence-corrected chi connectivity index (χ4v) is 3.50. The lowest BCUT2D eigenvalue weighted by atomic mass is 9.88. The van der Waals surface area contributed by atoms with Crippen LogP contribution in [0.5, 0.6) is 0 Å². The molecule has 3 atom stereocenters. The van der Waals surface area contributed by atoms with Crippen molar-refractivity contribution in [1.82, 2.24) is 9.88 Å². The number of pyridine rings is 1. The number of carbonyl (C=O) groups is 2. The first-order chi connectivity index (χ1) is 11.4. The molecule has 2 rings (SSSR count). The second-order valence-electron chi connectivity index (χ2n) is 6.73. The Balaban J connectivity index is 2.13. The molecule has 0 aromatic carbocycles. The van der Waals surface area contributed by atoms with E-state index in [0.717, 1.165) is 37.1 Å². The van der Waals surface area contributed by atoms with Crippen LogP contribution in [0.4, 0.5) is 0 Å². The Morgan fingerprint density at radius 3 is 2.71 bits per heavy atom. The van der Waals surface area contributed by atoms with E-state index in [1.165, 1.54) is 0 Å². The van der Waals surface area contributed by atoms with E-state index in [9.17, 15) is 14.7 Å². The molecule has 1 unspecified atom stereocenters. The van der Waals surface area contributed by atoms with Gasteiger partial charge in [-0.25, -0.2) is 0 Å². The maximum atomic E-state index is 12.9. The van der Waals surface area contributed by atoms with Gasteiger partial charge in [0.1, 0.15) is 0 Å². The average Bonchev–Trinajstić information content (AvgIpc) is 2.53. The van der Waals surface area contributed by atoms with E-state index >= 15 is 0 Å². The zero-order valence-electron chi connectivity index (χ0n) is 14.4. The normalized spacial score (nSPS) is 22.0. The van der Waals surface area contributed by atoms with Gasteiger partial charge in [0.2, 0.25) is 5.91 Å². The molecular formula is C18H27N3O3. The Morgan fingerprint density at radius 2 is 2.08 bits per heavy atom. The van der Waals surface area contributed by atoms with Crippen molar-refractivity contribution in [2.75, 3.05) is 7.05 Å². The van der Waals surface area contributed by atoms with Crippen LogP contribution >= 0.6 is 0 Å². The maximum Gasteiger partial charge on any atom is 0.304 e. The van der Waals surface area contributed by atoms with E-state index in [0.29, 0.717) is 6.42 Å². The lowest BCUT2D eigenvalue weighted by Gasteiger charge is -2.37. The number of aliphatic carboxylic acids is 1. The third-order valence-electron chi connectivity index (χ3n) is 4.80. The van der Waals surface area contributed by atoms with Crippen LogP contribution in [0.15, 0.2) is 18.2 Å². The van der Waals surface area contributed by atoms with Crippen molar-refractivity contribution in [2.45, 2.75) is 57.5 Å². The van der Waals surface area contributed by atoms with Crippen molar-refractivity contribution in [3.8, 4) is 0 Å². The maximum absolute atomic E-state index is 12.9. The zero-order chi connectivity index (χ0) is 17.7. The van der Waals surface area contributed by atoms with Gasteiger partial charge in [-0.2, -0.15) is 0 Å². The molecule has 0 saturated heterocycles. The van der Waals surface area contributed by atoms with Crippen LogP contribution in [0.3, 0.4) is 0 Å². The molecule has 6 heteroatoms. The summed E-state index contributed by atoms with van der Waals surface area (Å²) >= 11 is 0. The van der Waals surface area contributed by atoms with Crippen LogP contribution in [0.1, 0.15) is 43.5 Å². The molecule has 3 N–H and O–H groups in total. The molecule has 1 fully saturated rings. The van der Waals surface area contributed by atoms with Gasteiger partial charge in [-0.15, -0.1) is 0 Å². The zero-order valence-corrected chi connectivity index (χ0v) is 14.4. The van der Waals surface area contributed by atoms with Crippen LogP contribution in [0.2, 0.25) is 0 Å².